The number of rotatable bonds is 3. The Hall–Kier alpha value is -2.07. The van der Waals surface area contributed by atoms with Crippen molar-refractivity contribution in [3.63, 3.8) is 0 Å². The van der Waals surface area contributed by atoms with E-state index in [1.54, 1.807) is 11.6 Å². The number of hydrogen-bond acceptors (Lipinski definition) is 4. The molecule has 0 amide bonds. The van der Waals surface area contributed by atoms with Gasteiger partial charge in [0.05, 0.1) is 5.56 Å². The quantitative estimate of drug-likeness (QED) is 0.628. The van der Waals surface area contributed by atoms with Gasteiger partial charge in [-0.25, -0.2) is 4.79 Å². The van der Waals surface area contributed by atoms with E-state index in [1.165, 1.54) is 25.7 Å². The average Bonchev–Trinajstić information content (AvgIpc) is 2.60. The molecule has 4 nitrogen and oxygen atoms in total. The molecule has 1 aromatic carbocycles. The Kier molecular flexibility index (Phi) is 4.15. The lowest BCUT2D eigenvalue weighted by Gasteiger charge is -2.29. The molecule has 1 aromatic heterocycles. The van der Waals surface area contributed by atoms with Crippen LogP contribution in [0.3, 0.4) is 0 Å². The first-order chi connectivity index (χ1) is 11.7. The topological polar surface area (TPSA) is 42.7 Å². The van der Waals surface area contributed by atoms with Gasteiger partial charge in [0.25, 0.3) is 0 Å². The summed E-state index contributed by atoms with van der Waals surface area (Å²) in [5.74, 6) is 0.837. The largest absolute Gasteiger partial charge is 0.478 e. The lowest BCUT2D eigenvalue weighted by Crippen LogP contribution is -2.33. The normalized spacial score (nSPS) is 18.1. The Labute approximate surface area is 141 Å². The van der Waals surface area contributed by atoms with Gasteiger partial charge in [-0.05, 0) is 56.7 Å². The molecule has 1 aliphatic carbocycles. The molecule has 0 saturated heterocycles. The molecule has 1 aliphatic heterocycles. The predicted molar refractivity (Wildman–Crippen MR) is 94.3 cm³/mol. The van der Waals surface area contributed by atoms with E-state index in [-0.39, 0.29) is 5.63 Å². The second kappa shape index (κ2) is 6.44. The van der Waals surface area contributed by atoms with Crippen LogP contribution in [0.2, 0.25) is 0 Å². The van der Waals surface area contributed by atoms with Crippen molar-refractivity contribution in [2.45, 2.75) is 45.6 Å². The second-order valence-electron chi connectivity index (χ2n) is 6.85. The molecule has 2 aliphatic rings. The van der Waals surface area contributed by atoms with Crippen molar-refractivity contribution < 1.29 is 9.15 Å². The first kappa shape index (κ1) is 15.5. The van der Waals surface area contributed by atoms with Gasteiger partial charge < -0.3 is 9.15 Å². The van der Waals surface area contributed by atoms with Crippen LogP contribution in [0, 0.1) is 6.92 Å². The molecular weight excluding hydrogens is 302 g/mol. The number of benzene rings is 1. The molecular formula is C20H23NO3. The van der Waals surface area contributed by atoms with Crippen LogP contribution in [0.15, 0.2) is 39.1 Å². The molecule has 0 radical (unpaired) electrons. The Morgan fingerprint density at radius 2 is 2.17 bits per heavy atom. The molecule has 0 saturated carbocycles. The van der Waals surface area contributed by atoms with E-state index in [4.69, 9.17) is 9.15 Å². The summed E-state index contributed by atoms with van der Waals surface area (Å²) in [7, 11) is 0. The SMILES string of the molecule is Cc1cc(=O)oc2c3c(ccc12)OCN(CCC1=CCCCC1)C3. The van der Waals surface area contributed by atoms with Gasteiger partial charge in [-0.1, -0.05) is 11.6 Å². The van der Waals surface area contributed by atoms with Gasteiger partial charge in [0.1, 0.15) is 18.1 Å². The highest BCUT2D eigenvalue weighted by Gasteiger charge is 2.22. The van der Waals surface area contributed by atoms with E-state index in [1.807, 2.05) is 19.1 Å². The monoisotopic (exact) mass is 325 g/mol. The molecule has 0 atom stereocenters. The molecule has 0 unspecified atom stereocenters. The van der Waals surface area contributed by atoms with E-state index in [9.17, 15) is 4.79 Å². The summed E-state index contributed by atoms with van der Waals surface area (Å²) in [5.41, 5.74) is 3.91. The van der Waals surface area contributed by atoms with Gasteiger partial charge in [-0.2, -0.15) is 0 Å². The molecule has 0 N–H and O–H groups in total. The molecule has 2 heterocycles. The number of aryl methyl sites for hydroxylation is 1. The van der Waals surface area contributed by atoms with Crippen LogP contribution in [-0.4, -0.2) is 18.2 Å². The zero-order valence-corrected chi connectivity index (χ0v) is 14.1. The maximum atomic E-state index is 11.8. The highest BCUT2D eigenvalue weighted by molar-refractivity contribution is 5.85. The standard InChI is InChI=1S/C20H23NO3/c1-14-11-19(22)24-20-16(14)7-8-18-17(20)12-21(13-23-18)10-9-15-5-3-2-4-6-15/h5,7-8,11H,2-4,6,9-10,12-13H2,1H3. The molecule has 4 heteroatoms. The molecule has 0 fully saturated rings. The number of nitrogens with zero attached hydrogens (tertiary/aromatic N) is 1. The zero-order valence-electron chi connectivity index (χ0n) is 14.1. The van der Waals surface area contributed by atoms with E-state index in [0.717, 1.165) is 41.8 Å². The van der Waals surface area contributed by atoms with Crippen molar-refractivity contribution in [1.82, 2.24) is 4.90 Å². The smallest absolute Gasteiger partial charge is 0.336 e. The Morgan fingerprint density at radius 1 is 1.25 bits per heavy atom. The van der Waals surface area contributed by atoms with E-state index < -0.39 is 0 Å². The Bertz CT molecular complexity index is 850. The lowest BCUT2D eigenvalue weighted by molar-refractivity contribution is 0.0964. The van der Waals surface area contributed by atoms with E-state index >= 15 is 0 Å². The van der Waals surface area contributed by atoms with Gasteiger partial charge in [0.2, 0.25) is 0 Å². The van der Waals surface area contributed by atoms with Crippen LogP contribution in [0.25, 0.3) is 11.0 Å². The number of ether oxygens (including phenoxy) is 1. The van der Waals surface area contributed by atoms with Crippen LogP contribution in [-0.2, 0) is 6.54 Å². The first-order valence-corrected chi connectivity index (χ1v) is 8.80. The summed E-state index contributed by atoms with van der Waals surface area (Å²) in [6, 6.07) is 5.52. The summed E-state index contributed by atoms with van der Waals surface area (Å²) in [6.45, 7) is 4.30. The minimum atomic E-state index is -0.294. The average molecular weight is 325 g/mol. The van der Waals surface area contributed by atoms with Gasteiger partial charge in [-0.15, -0.1) is 0 Å². The number of allylic oxidation sites excluding steroid dienone is 1. The maximum Gasteiger partial charge on any atom is 0.336 e. The third-order valence-corrected chi connectivity index (χ3v) is 5.10. The fourth-order valence-corrected chi connectivity index (χ4v) is 3.71. The second-order valence-corrected chi connectivity index (χ2v) is 6.85. The summed E-state index contributed by atoms with van der Waals surface area (Å²) in [4.78, 5) is 14.1. The predicted octanol–water partition coefficient (Wildman–Crippen LogP) is 4.14. The van der Waals surface area contributed by atoms with Gasteiger partial charge in [0, 0.05) is 24.5 Å². The third-order valence-electron chi connectivity index (χ3n) is 5.10. The van der Waals surface area contributed by atoms with Crippen molar-refractivity contribution in [2.24, 2.45) is 0 Å². The number of hydrogen-bond donors (Lipinski definition) is 0. The summed E-state index contributed by atoms with van der Waals surface area (Å²) in [5, 5.41) is 0.994. The summed E-state index contributed by atoms with van der Waals surface area (Å²) in [6.07, 6.45) is 8.62. The van der Waals surface area contributed by atoms with Crippen LogP contribution in [0.5, 0.6) is 5.75 Å². The zero-order chi connectivity index (χ0) is 16.5. The van der Waals surface area contributed by atoms with Gasteiger partial charge in [0.15, 0.2) is 0 Å². The lowest BCUT2D eigenvalue weighted by atomic mass is 9.97. The maximum absolute atomic E-state index is 11.8. The fourth-order valence-electron chi connectivity index (χ4n) is 3.71. The van der Waals surface area contributed by atoms with E-state index in [0.29, 0.717) is 12.3 Å². The van der Waals surface area contributed by atoms with Crippen LogP contribution >= 0.6 is 0 Å². The fraction of sp³-hybridized carbons (Fsp3) is 0.450. The van der Waals surface area contributed by atoms with Crippen molar-refractivity contribution in [1.29, 1.82) is 0 Å². The minimum Gasteiger partial charge on any atom is -0.478 e. The highest BCUT2D eigenvalue weighted by atomic mass is 16.5. The molecule has 2 aromatic rings. The minimum absolute atomic E-state index is 0.294. The Morgan fingerprint density at radius 3 is 3.00 bits per heavy atom. The first-order valence-electron chi connectivity index (χ1n) is 8.80. The van der Waals surface area contributed by atoms with Crippen molar-refractivity contribution in [2.75, 3.05) is 13.3 Å². The van der Waals surface area contributed by atoms with Crippen LogP contribution in [0.1, 0.15) is 43.2 Å². The van der Waals surface area contributed by atoms with Crippen LogP contribution in [0.4, 0.5) is 0 Å². The number of fused-ring (bicyclic) bond motifs is 3. The Balaban J connectivity index is 1.58. The van der Waals surface area contributed by atoms with Crippen molar-refractivity contribution >= 4 is 11.0 Å². The van der Waals surface area contributed by atoms with Gasteiger partial charge >= 0.3 is 5.63 Å². The molecule has 0 spiro atoms. The molecule has 4 rings (SSSR count). The van der Waals surface area contributed by atoms with Crippen molar-refractivity contribution in [3.05, 3.63) is 51.4 Å². The van der Waals surface area contributed by atoms with Crippen molar-refractivity contribution in [3.8, 4) is 5.75 Å². The molecule has 24 heavy (non-hydrogen) atoms. The highest BCUT2D eigenvalue weighted by Crippen LogP contribution is 2.33. The van der Waals surface area contributed by atoms with Crippen LogP contribution < -0.4 is 10.4 Å². The van der Waals surface area contributed by atoms with Gasteiger partial charge in [-0.3, -0.25) is 4.90 Å². The molecule has 126 valence electrons. The summed E-state index contributed by atoms with van der Waals surface area (Å²) >= 11 is 0. The third kappa shape index (κ3) is 2.98. The summed E-state index contributed by atoms with van der Waals surface area (Å²) < 4.78 is 11.4. The van der Waals surface area contributed by atoms with E-state index in [2.05, 4.69) is 11.0 Å². The molecule has 0 bridgehead atoms.